The average molecular weight is 283 g/mol. The molecule has 4 heteroatoms. The Balaban J connectivity index is 1.97. The van der Waals surface area contributed by atoms with Crippen molar-refractivity contribution in [3.8, 4) is 17.0 Å². The van der Waals surface area contributed by atoms with Crippen LogP contribution in [0.2, 0.25) is 0 Å². The molecule has 1 aliphatic rings. The lowest BCUT2D eigenvalue weighted by Gasteiger charge is -2.18. The number of hydrogen-bond donors (Lipinski definition) is 1. The molecular weight excluding hydrogens is 262 g/mol. The summed E-state index contributed by atoms with van der Waals surface area (Å²) in [6, 6.07) is 9.82. The molecule has 21 heavy (non-hydrogen) atoms. The molecule has 0 radical (unpaired) electrons. The molecule has 0 amide bonds. The van der Waals surface area contributed by atoms with Crippen molar-refractivity contribution in [1.82, 2.24) is 9.97 Å². The fourth-order valence-corrected chi connectivity index (χ4v) is 2.06. The zero-order chi connectivity index (χ0) is 15.0. The van der Waals surface area contributed by atoms with Crippen LogP contribution in [0.3, 0.4) is 0 Å². The molecule has 0 bridgehead atoms. The summed E-state index contributed by atoms with van der Waals surface area (Å²) >= 11 is 0. The van der Waals surface area contributed by atoms with Gasteiger partial charge in [-0.15, -0.1) is 0 Å². The zero-order valence-corrected chi connectivity index (χ0v) is 12.8. The standard InChI is InChI=1S/C17H21N3O/c1-17(2,3)16-19-14(10-15(18)20-16)11-5-4-6-13(9-11)21-12-7-8-12/h4-6,9-10,12H,7-8H2,1-3H3,(H2,18,19,20). The molecule has 2 aromatic rings. The first kappa shape index (κ1) is 13.9. The maximum atomic E-state index is 5.94. The number of aromatic nitrogens is 2. The number of nitrogens with zero attached hydrogens (tertiary/aromatic N) is 2. The summed E-state index contributed by atoms with van der Waals surface area (Å²) in [5.74, 6) is 2.15. The number of benzene rings is 1. The molecule has 0 unspecified atom stereocenters. The van der Waals surface area contributed by atoms with E-state index in [4.69, 9.17) is 10.5 Å². The van der Waals surface area contributed by atoms with Gasteiger partial charge in [0.05, 0.1) is 11.8 Å². The summed E-state index contributed by atoms with van der Waals surface area (Å²) in [5.41, 5.74) is 7.66. The summed E-state index contributed by atoms with van der Waals surface area (Å²) in [4.78, 5) is 9.01. The molecule has 110 valence electrons. The molecule has 1 aromatic heterocycles. The molecule has 1 heterocycles. The van der Waals surface area contributed by atoms with E-state index in [2.05, 4.69) is 30.7 Å². The third-order valence-corrected chi connectivity index (χ3v) is 3.37. The van der Waals surface area contributed by atoms with Crippen LogP contribution >= 0.6 is 0 Å². The van der Waals surface area contributed by atoms with Gasteiger partial charge in [0.2, 0.25) is 0 Å². The van der Waals surface area contributed by atoms with E-state index in [0.717, 1.165) is 35.7 Å². The topological polar surface area (TPSA) is 61.0 Å². The second-order valence-corrected chi connectivity index (χ2v) is 6.60. The van der Waals surface area contributed by atoms with Gasteiger partial charge in [0.25, 0.3) is 0 Å². The van der Waals surface area contributed by atoms with Crippen LogP contribution in [0.15, 0.2) is 30.3 Å². The third-order valence-electron chi connectivity index (χ3n) is 3.37. The van der Waals surface area contributed by atoms with Gasteiger partial charge < -0.3 is 10.5 Å². The average Bonchev–Trinajstić information content (AvgIpc) is 3.21. The summed E-state index contributed by atoms with van der Waals surface area (Å²) in [6.07, 6.45) is 2.69. The van der Waals surface area contributed by atoms with E-state index in [1.54, 1.807) is 0 Å². The smallest absolute Gasteiger partial charge is 0.136 e. The molecule has 1 aliphatic carbocycles. The number of ether oxygens (including phenoxy) is 1. The van der Waals surface area contributed by atoms with Gasteiger partial charge >= 0.3 is 0 Å². The van der Waals surface area contributed by atoms with Crippen molar-refractivity contribution in [3.05, 3.63) is 36.2 Å². The maximum absolute atomic E-state index is 5.94. The Morgan fingerprint density at radius 3 is 2.57 bits per heavy atom. The summed E-state index contributed by atoms with van der Waals surface area (Å²) < 4.78 is 5.84. The number of nitrogens with two attached hydrogens (primary N) is 1. The summed E-state index contributed by atoms with van der Waals surface area (Å²) in [5, 5.41) is 0. The first-order valence-corrected chi connectivity index (χ1v) is 7.34. The van der Waals surface area contributed by atoms with E-state index >= 15 is 0 Å². The molecule has 0 spiro atoms. The van der Waals surface area contributed by atoms with Crippen LogP contribution in [-0.4, -0.2) is 16.1 Å². The number of rotatable bonds is 3. The minimum atomic E-state index is -0.133. The van der Waals surface area contributed by atoms with E-state index in [-0.39, 0.29) is 5.41 Å². The highest BCUT2D eigenvalue weighted by atomic mass is 16.5. The molecular formula is C17H21N3O. The number of anilines is 1. The monoisotopic (exact) mass is 283 g/mol. The van der Waals surface area contributed by atoms with Gasteiger partial charge in [-0.1, -0.05) is 32.9 Å². The maximum Gasteiger partial charge on any atom is 0.136 e. The normalized spacial score (nSPS) is 15.0. The lowest BCUT2D eigenvalue weighted by molar-refractivity contribution is 0.303. The van der Waals surface area contributed by atoms with Gasteiger partial charge in [-0.2, -0.15) is 0 Å². The van der Waals surface area contributed by atoms with Gasteiger partial charge in [0, 0.05) is 17.0 Å². The van der Waals surface area contributed by atoms with Gasteiger partial charge in [0.1, 0.15) is 17.4 Å². The van der Waals surface area contributed by atoms with Crippen LogP contribution in [0.4, 0.5) is 5.82 Å². The van der Waals surface area contributed by atoms with Crippen LogP contribution < -0.4 is 10.5 Å². The zero-order valence-electron chi connectivity index (χ0n) is 12.8. The van der Waals surface area contributed by atoms with E-state index in [9.17, 15) is 0 Å². The lowest BCUT2D eigenvalue weighted by atomic mass is 9.95. The summed E-state index contributed by atoms with van der Waals surface area (Å²) in [7, 11) is 0. The minimum absolute atomic E-state index is 0.133. The van der Waals surface area contributed by atoms with Crippen molar-refractivity contribution >= 4 is 5.82 Å². The number of hydrogen-bond acceptors (Lipinski definition) is 4. The third kappa shape index (κ3) is 3.32. The second-order valence-electron chi connectivity index (χ2n) is 6.60. The molecule has 3 rings (SSSR count). The molecule has 0 atom stereocenters. The van der Waals surface area contributed by atoms with E-state index in [0.29, 0.717) is 11.9 Å². The molecule has 4 nitrogen and oxygen atoms in total. The fourth-order valence-electron chi connectivity index (χ4n) is 2.06. The molecule has 1 aromatic carbocycles. The lowest BCUT2D eigenvalue weighted by Crippen LogP contribution is -2.17. The van der Waals surface area contributed by atoms with Crippen molar-refractivity contribution in [2.75, 3.05) is 5.73 Å². The second kappa shape index (κ2) is 5.02. The van der Waals surface area contributed by atoms with Crippen molar-refractivity contribution in [2.45, 2.75) is 45.1 Å². The van der Waals surface area contributed by atoms with Crippen molar-refractivity contribution in [1.29, 1.82) is 0 Å². The van der Waals surface area contributed by atoms with Crippen molar-refractivity contribution in [2.24, 2.45) is 0 Å². The predicted octanol–water partition coefficient (Wildman–Crippen LogP) is 3.56. The Hall–Kier alpha value is -2.10. The Morgan fingerprint density at radius 1 is 1.14 bits per heavy atom. The quantitative estimate of drug-likeness (QED) is 0.935. The predicted molar refractivity (Wildman–Crippen MR) is 84.2 cm³/mol. The molecule has 1 fully saturated rings. The summed E-state index contributed by atoms with van der Waals surface area (Å²) in [6.45, 7) is 6.24. The van der Waals surface area contributed by atoms with E-state index < -0.39 is 0 Å². The van der Waals surface area contributed by atoms with Crippen LogP contribution in [0.5, 0.6) is 5.75 Å². The SMILES string of the molecule is CC(C)(C)c1nc(N)cc(-c2cccc(OC3CC3)c2)n1. The number of nitrogen functional groups attached to an aromatic ring is 1. The molecule has 0 saturated heterocycles. The Bertz CT molecular complexity index is 657. The van der Waals surface area contributed by atoms with Crippen molar-refractivity contribution < 1.29 is 4.74 Å². The molecule has 1 saturated carbocycles. The molecule has 2 N–H and O–H groups in total. The fraction of sp³-hybridized carbons (Fsp3) is 0.412. The first-order valence-electron chi connectivity index (χ1n) is 7.34. The Labute approximate surface area is 125 Å². The highest BCUT2D eigenvalue weighted by Gasteiger charge is 2.23. The van der Waals surface area contributed by atoms with Gasteiger partial charge in [0.15, 0.2) is 0 Å². The van der Waals surface area contributed by atoms with Crippen LogP contribution in [0, 0.1) is 0 Å². The van der Waals surface area contributed by atoms with E-state index in [1.165, 1.54) is 0 Å². The Kier molecular flexibility index (Phi) is 3.32. The van der Waals surface area contributed by atoms with Gasteiger partial charge in [-0.05, 0) is 25.0 Å². The highest BCUT2D eigenvalue weighted by molar-refractivity contribution is 5.63. The molecule has 0 aliphatic heterocycles. The Morgan fingerprint density at radius 2 is 1.90 bits per heavy atom. The first-order chi connectivity index (χ1) is 9.91. The minimum Gasteiger partial charge on any atom is -0.490 e. The van der Waals surface area contributed by atoms with E-state index in [1.807, 2.05) is 30.3 Å². The van der Waals surface area contributed by atoms with Crippen LogP contribution in [-0.2, 0) is 5.41 Å². The van der Waals surface area contributed by atoms with Gasteiger partial charge in [-0.3, -0.25) is 0 Å². The highest BCUT2D eigenvalue weighted by Crippen LogP contribution is 2.30. The van der Waals surface area contributed by atoms with Crippen LogP contribution in [0.1, 0.15) is 39.4 Å². The largest absolute Gasteiger partial charge is 0.490 e. The van der Waals surface area contributed by atoms with Crippen molar-refractivity contribution in [3.63, 3.8) is 0 Å². The van der Waals surface area contributed by atoms with Gasteiger partial charge in [-0.25, -0.2) is 9.97 Å². The van der Waals surface area contributed by atoms with Crippen LogP contribution in [0.25, 0.3) is 11.3 Å².